The lowest BCUT2D eigenvalue weighted by atomic mass is 10.5. The average Bonchev–Trinajstić information content (AvgIpc) is 2.77. The highest BCUT2D eigenvalue weighted by atomic mass is 28.4. The summed E-state index contributed by atoms with van der Waals surface area (Å²) in [7, 11) is -8.31. The quantitative estimate of drug-likeness (QED) is 0.265. The van der Waals surface area contributed by atoms with E-state index in [0.29, 0.717) is 0 Å². The summed E-state index contributed by atoms with van der Waals surface area (Å²) in [5, 5.41) is 11.3. The van der Waals surface area contributed by atoms with Gasteiger partial charge in [-0.2, -0.15) is 10.2 Å². The molecule has 0 aromatic carbocycles. The first-order chi connectivity index (χ1) is 12.5. The molecule has 0 aliphatic carbocycles. The second kappa shape index (κ2) is 8.30. The van der Waals surface area contributed by atoms with Crippen LogP contribution in [0.5, 0.6) is 0 Å². The van der Waals surface area contributed by atoms with Crippen LogP contribution in [0.2, 0.25) is 98.2 Å². The fourth-order valence-electron chi connectivity index (χ4n) is 3.24. The number of nitrogens with one attached hydrogen (secondary N) is 1. The van der Waals surface area contributed by atoms with Crippen molar-refractivity contribution >= 4 is 57.8 Å². The largest absolute Gasteiger partial charge is 0.315 e. The molecule has 0 aliphatic heterocycles. The highest BCUT2D eigenvalue weighted by molar-refractivity contribution is 6.90. The molecule has 168 valence electrons. The van der Waals surface area contributed by atoms with E-state index in [-0.39, 0.29) is 0 Å². The van der Waals surface area contributed by atoms with E-state index >= 15 is 0 Å². The minimum absolute atomic E-state index is 0.996. The Labute approximate surface area is 184 Å². The molecule has 0 atom stereocenters. The molecule has 0 amide bonds. The molecule has 1 aromatic heterocycles. The number of nitrogens with zero attached hydrogens (tertiary/aromatic N) is 5. The summed E-state index contributed by atoms with van der Waals surface area (Å²) < 4.78 is 9.71. The van der Waals surface area contributed by atoms with Crippen LogP contribution in [0.15, 0.2) is 9.89 Å². The first-order valence-corrected chi connectivity index (χ1v) is 28.0. The van der Waals surface area contributed by atoms with Gasteiger partial charge in [0.2, 0.25) is 8.24 Å². The van der Waals surface area contributed by atoms with Gasteiger partial charge in [0, 0.05) is 0 Å². The Morgan fingerprint density at radius 1 is 0.759 bits per heavy atom. The number of aromatic nitrogens is 2. The van der Waals surface area contributed by atoms with Crippen LogP contribution in [0, 0.1) is 0 Å². The van der Waals surface area contributed by atoms with Crippen molar-refractivity contribution in [1.29, 1.82) is 0 Å². The SMILES string of the molecule is C[Si](C)(C)N=Nc1c([Si](C)(C)C)nn([Si](C)(C)C)c1NN([Si](C)(C)C)[Si](C)(C)C. The van der Waals surface area contributed by atoms with Crippen LogP contribution in [-0.2, 0) is 0 Å². The van der Waals surface area contributed by atoms with Crippen molar-refractivity contribution in [3.8, 4) is 0 Å². The summed E-state index contributed by atoms with van der Waals surface area (Å²) in [6, 6.07) is 0. The van der Waals surface area contributed by atoms with Gasteiger partial charge in [0.25, 0.3) is 0 Å². The van der Waals surface area contributed by atoms with Crippen molar-refractivity contribution in [3.63, 3.8) is 0 Å². The predicted molar refractivity (Wildman–Crippen MR) is 144 cm³/mol. The molecule has 0 radical (unpaired) electrons. The Morgan fingerprint density at radius 3 is 1.52 bits per heavy atom. The van der Waals surface area contributed by atoms with Crippen molar-refractivity contribution in [1.82, 2.24) is 13.8 Å². The lowest BCUT2D eigenvalue weighted by molar-refractivity contribution is 0.721. The molecule has 0 unspecified atom stereocenters. The van der Waals surface area contributed by atoms with E-state index in [2.05, 4.69) is 112 Å². The third-order valence-corrected chi connectivity index (χ3v) is 15.2. The minimum atomic E-state index is -1.75. The molecule has 1 N–H and O–H groups in total. The zero-order chi connectivity index (χ0) is 23.2. The number of hydrogen-bond donors (Lipinski definition) is 1. The Bertz CT molecular complexity index is 725. The van der Waals surface area contributed by atoms with Crippen LogP contribution in [0.25, 0.3) is 0 Å². The molecule has 0 aliphatic rings. The summed E-state index contributed by atoms with van der Waals surface area (Å²) in [5.41, 5.74) is 4.90. The van der Waals surface area contributed by atoms with Gasteiger partial charge < -0.3 is 5.43 Å². The first kappa shape index (κ1) is 26.7. The van der Waals surface area contributed by atoms with Gasteiger partial charge in [0.05, 0.1) is 5.32 Å². The van der Waals surface area contributed by atoms with E-state index in [1.165, 1.54) is 5.32 Å². The maximum atomic E-state index is 5.21. The Hall–Kier alpha value is -0.346. The molecule has 0 saturated heterocycles. The number of hydrogen-bond acceptors (Lipinski definition) is 5. The topological polar surface area (TPSA) is 57.8 Å². The number of hydrazine groups is 1. The molecule has 11 heteroatoms. The van der Waals surface area contributed by atoms with Gasteiger partial charge in [-0.05, 0) is 39.3 Å². The highest BCUT2D eigenvalue weighted by Crippen LogP contribution is 2.32. The Balaban J connectivity index is 3.85. The Kier molecular flexibility index (Phi) is 7.64. The molecule has 1 rings (SSSR count). The summed E-state index contributed by atoms with van der Waals surface area (Å²) in [4.78, 5) is 0. The summed E-state index contributed by atoms with van der Waals surface area (Å²) in [6.45, 7) is 35.3. The van der Waals surface area contributed by atoms with Crippen molar-refractivity contribution in [2.75, 3.05) is 5.43 Å². The third-order valence-electron chi connectivity index (χ3n) is 4.22. The van der Waals surface area contributed by atoms with Crippen molar-refractivity contribution in [3.05, 3.63) is 0 Å². The second-order valence-corrected chi connectivity index (χ2v) is 37.3. The van der Waals surface area contributed by atoms with Crippen LogP contribution in [0.1, 0.15) is 0 Å². The third kappa shape index (κ3) is 7.38. The molecule has 0 spiro atoms. The van der Waals surface area contributed by atoms with Gasteiger partial charge in [-0.1, -0.05) is 58.9 Å². The zero-order valence-corrected chi connectivity index (χ0v) is 26.7. The maximum Gasteiger partial charge on any atom is 0.200 e. The normalized spacial score (nSPS) is 14.9. The van der Waals surface area contributed by atoms with Crippen LogP contribution >= 0.6 is 0 Å². The van der Waals surface area contributed by atoms with E-state index < -0.39 is 41.0 Å². The fraction of sp³-hybridized carbons (Fsp3) is 0.833. The molecule has 6 nitrogen and oxygen atoms in total. The lowest BCUT2D eigenvalue weighted by Crippen LogP contribution is -2.62. The van der Waals surface area contributed by atoms with Crippen molar-refractivity contribution < 1.29 is 0 Å². The van der Waals surface area contributed by atoms with E-state index in [9.17, 15) is 0 Å². The average molecular weight is 487 g/mol. The summed E-state index contributed by atoms with van der Waals surface area (Å²) in [6.07, 6.45) is 0. The van der Waals surface area contributed by atoms with E-state index in [1.807, 2.05) is 0 Å². The van der Waals surface area contributed by atoms with Gasteiger partial charge in [0.15, 0.2) is 14.1 Å². The molecular weight excluding hydrogens is 441 g/mol. The number of anilines is 1. The van der Waals surface area contributed by atoms with Crippen LogP contribution in [0.3, 0.4) is 0 Å². The fourth-order valence-corrected chi connectivity index (χ4v) is 15.2. The summed E-state index contributed by atoms with van der Waals surface area (Å²) in [5.74, 6) is 1.08. The smallest absolute Gasteiger partial charge is 0.200 e. The maximum absolute atomic E-state index is 5.21. The van der Waals surface area contributed by atoms with Gasteiger partial charge in [0.1, 0.15) is 30.2 Å². The molecule has 0 fully saturated rings. The monoisotopic (exact) mass is 486 g/mol. The zero-order valence-electron chi connectivity index (χ0n) is 21.7. The highest BCUT2D eigenvalue weighted by Gasteiger charge is 2.39. The predicted octanol–water partition coefficient (Wildman–Crippen LogP) is 6.33. The van der Waals surface area contributed by atoms with Crippen LogP contribution in [-0.4, -0.2) is 54.8 Å². The standard InChI is InChI=1S/C18H46N6Si5/c1-25(2,3)18-16(19-22-26(4,5)6)17(23(21-18)27(7,8)9)20-24(28(10,11)12)29(13,14)15/h20H,1-15H3. The van der Waals surface area contributed by atoms with Gasteiger partial charge in [-0.3, -0.25) is 8.69 Å². The van der Waals surface area contributed by atoms with Gasteiger partial charge in [-0.15, -0.1) is 0 Å². The molecule has 0 saturated carbocycles. The van der Waals surface area contributed by atoms with E-state index in [1.54, 1.807) is 0 Å². The first-order valence-electron chi connectivity index (χ1n) is 10.7. The minimum Gasteiger partial charge on any atom is -0.315 e. The van der Waals surface area contributed by atoms with Crippen LogP contribution in [0.4, 0.5) is 11.5 Å². The summed E-state index contributed by atoms with van der Waals surface area (Å²) >= 11 is 0. The molecular formula is C18H46N6Si5. The van der Waals surface area contributed by atoms with E-state index in [0.717, 1.165) is 11.5 Å². The molecule has 1 heterocycles. The second-order valence-electron chi connectivity index (χ2n) is 13.0. The molecule has 0 bridgehead atoms. The van der Waals surface area contributed by atoms with Crippen LogP contribution < -0.4 is 10.7 Å². The molecule has 1 aromatic rings. The van der Waals surface area contributed by atoms with Gasteiger partial charge >= 0.3 is 0 Å². The van der Waals surface area contributed by atoms with Crippen molar-refractivity contribution in [2.45, 2.75) is 98.2 Å². The number of rotatable bonds is 8. The Morgan fingerprint density at radius 2 is 1.21 bits per heavy atom. The molecule has 29 heavy (non-hydrogen) atoms. The van der Waals surface area contributed by atoms with Crippen molar-refractivity contribution in [2.24, 2.45) is 9.89 Å². The lowest BCUT2D eigenvalue weighted by Gasteiger charge is -2.44. The van der Waals surface area contributed by atoms with E-state index in [4.69, 9.17) is 15.0 Å². The van der Waals surface area contributed by atoms with Gasteiger partial charge in [-0.25, -0.2) is 4.78 Å².